The minimum absolute atomic E-state index is 0.502. The van der Waals surface area contributed by atoms with E-state index in [0.717, 1.165) is 35.2 Å². The third kappa shape index (κ3) is 4.41. The van der Waals surface area contributed by atoms with Gasteiger partial charge in [-0.25, -0.2) is 0 Å². The number of nitrogens with one attached hydrogen (secondary N) is 2. The second-order valence-corrected chi connectivity index (χ2v) is 7.52. The van der Waals surface area contributed by atoms with Crippen LogP contribution in [-0.2, 0) is 4.74 Å². The number of rotatable bonds is 5. The summed E-state index contributed by atoms with van der Waals surface area (Å²) in [5.74, 6) is 1.64. The van der Waals surface area contributed by atoms with Crippen molar-refractivity contribution in [3.63, 3.8) is 0 Å². The highest BCUT2D eigenvalue weighted by Gasteiger charge is 2.17. The van der Waals surface area contributed by atoms with Crippen molar-refractivity contribution in [2.75, 3.05) is 41.8 Å². The van der Waals surface area contributed by atoms with E-state index in [9.17, 15) is 0 Å². The highest BCUT2D eigenvalue weighted by Crippen LogP contribution is 2.26. The van der Waals surface area contributed by atoms with E-state index < -0.39 is 0 Å². The van der Waals surface area contributed by atoms with Gasteiger partial charge in [-0.05, 0) is 30.5 Å². The van der Waals surface area contributed by atoms with Crippen molar-refractivity contribution in [2.24, 2.45) is 0 Å². The maximum atomic E-state index is 5.49. The maximum absolute atomic E-state index is 5.49. The molecule has 5 rings (SSSR count). The second-order valence-electron chi connectivity index (χ2n) is 7.52. The van der Waals surface area contributed by atoms with Gasteiger partial charge in [-0.2, -0.15) is 15.0 Å². The average Bonchev–Trinajstić information content (AvgIpc) is 2.81. The molecule has 156 valence electrons. The quantitative estimate of drug-likeness (QED) is 0.494. The molecule has 0 unspecified atom stereocenters. The molecule has 1 aromatic heterocycles. The van der Waals surface area contributed by atoms with E-state index in [1.54, 1.807) is 0 Å². The summed E-state index contributed by atoms with van der Waals surface area (Å²) in [5.41, 5.74) is 3.09. The average molecular weight is 412 g/mol. The van der Waals surface area contributed by atoms with Crippen LogP contribution in [0.1, 0.15) is 5.56 Å². The summed E-state index contributed by atoms with van der Waals surface area (Å²) >= 11 is 0. The lowest BCUT2D eigenvalue weighted by Crippen LogP contribution is -2.37. The smallest absolute Gasteiger partial charge is 0.233 e. The Morgan fingerprint density at radius 2 is 1.48 bits per heavy atom. The lowest BCUT2D eigenvalue weighted by atomic mass is 10.1. The molecule has 1 aliphatic rings. The highest BCUT2D eigenvalue weighted by atomic mass is 16.5. The Balaban J connectivity index is 1.51. The number of morpholine rings is 1. The van der Waals surface area contributed by atoms with Gasteiger partial charge in [0, 0.05) is 29.9 Å². The van der Waals surface area contributed by atoms with Crippen LogP contribution in [0.3, 0.4) is 0 Å². The van der Waals surface area contributed by atoms with E-state index in [1.807, 2.05) is 36.4 Å². The maximum Gasteiger partial charge on any atom is 0.233 e. The second kappa shape index (κ2) is 8.57. The topological polar surface area (TPSA) is 75.2 Å². The SMILES string of the molecule is Cc1ccc(Nc2nc(Nc3cccc4ccccc34)nc(N3CCOCC3)n2)cc1. The molecule has 0 aliphatic carbocycles. The van der Waals surface area contributed by atoms with Gasteiger partial charge in [-0.1, -0.05) is 54.1 Å². The van der Waals surface area contributed by atoms with Crippen molar-refractivity contribution in [3.05, 3.63) is 72.3 Å². The van der Waals surface area contributed by atoms with E-state index in [1.165, 1.54) is 5.56 Å². The van der Waals surface area contributed by atoms with E-state index in [2.05, 4.69) is 62.8 Å². The Hall–Kier alpha value is -3.71. The van der Waals surface area contributed by atoms with Crippen LogP contribution in [0.2, 0.25) is 0 Å². The van der Waals surface area contributed by atoms with E-state index in [4.69, 9.17) is 9.72 Å². The minimum Gasteiger partial charge on any atom is -0.378 e. The first kappa shape index (κ1) is 19.3. The van der Waals surface area contributed by atoms with Gasteiger partial charge in [-0.15, -0.1) is 0 Å². The van der Waals surface area contributed by atoms with Gasteiger partial charge >= 0.3 is 0 Å². The van der Waals surface area contributed by atoms with Crippen LogP contribution in [-0.4, -0.2) is 41.3 Å². The van der Waals surface area contributed by atoms with Crippen LogP contribution >= 0.6 is 0 Å². The molecule has 0 saturated carbocycles. The van der Waals surface area contributed by atoms with Crippen molar-refractivity contribution < 1.29 is 4.74 Å². The zero-order chi connectivity index (χ0) is 21.0. The lowest BCUT2D eigenvalue weighted by Gasteiger charge is -2.27. The summed E-state index contributed by atoms with van der Waals surface area (Å²) in [4.78, 5) is 16.2. The third-order valence-corrected chi connectivity index (χ3v) is 5.26. The zero-order valence-corrected chi connectivity index (χ0v) is 17.4. The van der Waals surface area contributed by atoms with E-state index in [-0.39, 0.29) is 0 Å². The molecule has 2 heterocycles. The van der Waals surface area contributed by atoms with Crippen LogP contribution in [0.4, 0.5) is 29.2 Å². The summed E-state index contributed by atoms with van der Waals surface area (Å²) in [6.45, 7) is 4.90. The normalized spacial score (nSPS) is 13.9. The van der Waals surface area contributed by atoms with Crippen molar-refractivity contribution in [1.29, 1.82) is 0 Å². The first-order chi connectivity index (χ1) is 15.2. The molecule has 1 aliphatic heterocycles. The number of anilines is 5. The first-order valence-electron chi connectivity index (χ1n) is 10.4. The van der Waals surface area contributed by atoms with Crippen LogP contribution in [0.5, 0.6) is 0 Å². The molecule has 4 aromatic rings. The molecular formula is C24H24N6O. The van der Waals surface area contributed by atoms with Gasteiger partial charge in [0.1, 0.15) is 0 Å². The Morgan fingerprint density at radius 3 is 2.29 bits per heavy atom. The zero-order valence-electron chi connectivity index (χ0n) is 17.4. The van der Waals surface area contributed by atoms with Gasteiger partial charge < -0.3 is 20.3 Å². The van der Waals surface area contributed by atoms with Gasteiger partial charge in [0.05, 0.1) is 13.2 Å². The lowest BCUT2D eigenvalue weighted by molar-refractivity contribution is 0.122. The molecule has 1 saturated heterocycles. The molecule has 0 bridgehead atoms. The molecule has 0 amide bonds. The van der Waals surface area contributed by atoms with E-state index in [0.29, 0.717) is 31.1 Å². The Morgan fingerprint density at radius 1 is 0.774 bits per heavy atom. The Kier molecular flexibility index (Phi) is 5.33. The molecule has 0 radical (unpaired) electrons. The fourth-order valence-corrected chi connectivity index (χ4v) is 3.60. The number of hydrogen-bond acceptors (Lipinski definition) is 7. The largest absolute Gasteiger partial charge is 0.378 e. The molecule has 1 fully saturated rings. The predicted molar refractivity (Wildman–Crippen MR) is 125 cm³/mol. The number of hydrogen-bond donors (Lipinski definition) is 2. The van der Waals surface area contributed by atoms with E-state index >= 15 is 0 Å². The Bertz CT molecular complexity index is 1180. The van der Waals surface area contributed by atoms with Crippen molar-refractivity contribution in [3.8, 4) is 0 Å². The number of benzene rings is 3. The van der Waals surface area contributed by atoms with Crippen LogP contribution in [0.15, 0.2) is 66.7 Å². The number of aryl methyl sites for hydroxylation is 1. The summed E-state index contributed by atoms with van der Waals surface area (Å²) in [7, 11) is 0. The number of ether oxygens (including phenoxy) is 1. The molecule has 7 heteroatoms. The standard InChI is InChI=1S/C24H24N6O/c1-17-9-11-19(12-10-17)25-22-27-23(29-24(28-22)30-13-15-31-16-14-30)26-21-8-4-6-18-5-2-3-7-20(18)21/h2-12H,13-16H2,1H3,(H2,25,26,27,28,29). The van der Waals surface area contributed by atoms with Gasteiger partial charge in [0.2, 0.25) is 17.8 Å². The summed E-state index contributed by atoms with van der Waals surface area (Å²) < 4.78 is 5.49. The molecule has 0 atom stereocenters. The van der Waals surface area contributed by atoms with Crippen molar-refractivity contribution in [1.82, 2.24) is 15.0 Å². The molecule has 2 N–H and O–H groups in total. The molecule has 7 nitrogen and oxygen atoms in total. The molecule has 31 heavy (non-hydrogen) atoms. The number of nitrogens with zero attached hydrogens (tertiary/aromatic N) is 4. The molecular weight excluding hydrogens is 388 g/mol. The molecule has 3 aromatic carbocycles. The Labute approximate surface area is 181 Å². The van der Waals surface area contributed by atoms with Crippen molar-refractivity contribution in [2.45, 2.75) is 6.92 Å². The summed E-state index contributed by atoms with van der Waals surface area (Å²) in [6, 6.07) is 22.6. The predicted octanol–water partition coefficient (Wildman–Crippen LogP) is 4.66. The minimum atomic E-state index is 0.502. The number of aromatic nitrogens is 3. The van der Waals surface area contributed by atoms with Gasteiger partial charge in [0.15, 0.2) is 0 Å². The van der Waals surface area contributed by atoms with Crippen LogP contribution in [0, 0.1) is 6.92 Å². The molecule has 0 spiro atoms. The first-order valence-corrected chi connectivity index (χ1v) is 10.4. The summed E-state index contributed by atoms with van der Waals surface area (Å²) in [5, 5.41) is 8.99. The summed E-state index contributed by atoms with van der Waals surface area (Å²) in [6.07, 6.45) is 0. The number of fused-ring (bicyclic) bond motifs is 1. The van der Waals surface area contributed by atoms with Crippen molar-refractivity contribution >= 4 is 40.0 Å². The third-order valence-electron chi connectivity index (χ3n) is 5.26. The monoisotopic (exact) mass is 412 g/mol. The van der Waals surface area contributed by atoms with Gasteiger partial charge in [0.25, 0.3) is 0 Å². The van der Waals surface area contributed by atoms with Gasteiger partial charge in [-0.3, -0.25) is 0 Å². The fourth-order valence-electron chi connectivity index (χ4n) is 3.60. The van der Waals surface area contributed by atoms with Crippen LogP contribution in [0.25, 0.3) is 10.8 Å². The fraction of sp³-hybridized carbons (Fsp3) is 0.208. The van der Waals surface area contributed by atoms with Crippen LogP contribution < -0.4 is 15.5 Å². The highest BCUT2D eigenvalue weighted by molar-refractivity contribution is 5.94.